The molecule has 1 saturated heterocycles. The summed E-state index contributed by atoms with van der Waals surface area (Å²) in [5.74, 6) is 0.0277. The number of rotatable bonds is 4. The highest BCUT2D eigenvalue weighted by Gasteiger charge is 2.34. The van der Waals surface area contributed by atoms with Crippen LogP contribution in [0.1, 0.15) is 44.2 Å². The van der Waals surface area contributed by atoms with Crippen molar-refractivity contribution in [2.75, 3.05) is 11.4 Å². The van der Waals surface area contributed by atoms with Gasteiger partial charge in [-0.2, -0.15) is 0 Å². The van der Waals surface area contributed by atoms with Gasteiger partial charge in [0.1, 0.15) is 0 Å². The molecule has 0 radical (unpaired) electrons. The molecule has 5 heteroatoms. The molecule has 104 valence electrons. The maximum Gasteiger partial charge on any atom is 0.309 e. The lowest BCUT2D eigenvalue weighted by Crippen LogP contribution is -2.34. The molecular weight excluding hydrogens is 260 g/mol. The number of aliphatic carboxylic acids is 1. The van der Waals surface area contributed by atoms with Gasteiger partial charge in [-0.3, -0.25) is 4.79 Å². The quantitative estimate of drug-likeness (QED) is 0.921. The summed E-state index contributed by atoms with van der Waals surface area (Å²) in [6, 6.07) is 0.645. The molecule has 1 saturated carbocycles. The van der Waals surface area contributed by atoms with E-state index in [2.05, 4.69) is 9.88 Å². The Morgan fingerprint density at radius 2 is 2.16 bits per heavy atom. The first kappa shape index (κ1) is 12.9. The van der Waals surface area contributed by atoms with Crippen molar-refractivity contribution in [1.29, 1.82) is 0 Å². The van der Waals surface area contributed by atoms with E-state index in [0.717, 1.165) is 17.6 Å². The van der Waals surface area contributed by atoms with Crippen LogP contribution >= 0.6 is 11.3 Å². The van der Waals surface area contributed by atoms with Crippen LogP contribution < -0.4 is 4.90 Å². The normalized spacial score (nSPS) is 24.2. The second-order valence-electron chi connectivity index (χ2n) is 5.64. The Bertz CT molecular complexity index is 454. The van der Waals surface area contributed by atoms with Crippen molar-refractivity contribution < 1.29 is 9.90 Å². The lowest BCUT2D eigenvalue weighted by molar-refractivity contribution is -0.136. The maximum atomic E-state index is 10.7. The summed E-state index contributed by atoms with van der Waals surface area (Å²) in [7, 11) is 0. The largest absolute Gasteiger partial charge is 0.481 e. The molecule has 0 bridgehead atoms. The molecule has 19 heavy (non-hydrogen) atoms. The molecule has 2 aliphatic rings. The summed E-state index contributed by atoms with van der Waals surface area (Å²) in [4.78, 5) is 17.7. The van der Waals surface area contributed by atoms with Gasteiger partial charge in [0, 0.05) is 18.0 Å². The topological polar surface area (TPSA) is 53.4 Å². The molecule has 2 heterocycles. The number of carbonyl (C=O) groups is 1. The maximum absolute atomic E-state index is 10.7. The van der Waals surface area contributed by atoms with Gasteiger partial charge in [-0.15, -0.1) is 11.3 Å². The van der Waals surface area contributed by atoms with Crippen molar-refractivity contribution in [3.8, 4) is 0 Å². The van der Waals surface area contributed by atoms with Crippen molar-refractivity contribution in [2.24, 2.45) is 5.92 Å². The third kappa shape index (κ3) is 2.76. The van der Waals surface area contributed by atoms with Gasteiger partial charge in [0.15, 0.2) is 5.13 Å². The molecule has 0 aromatic carbocycles. The average Bonchev–Trinajstić information content (AvgIpc) is 3.08. The van der Waals surface area contributed by atoms with Crippen LogP contribution in [-0.2, 0) is 11.2 Å². The summed E-state index contributed by atoms with van der Waals surface area (Å²) < 4.78 is 0. The third-order valence-electron chi connectivity index (χ3n) is 4.36. The van der Waals surface area contributed by atoms with Gasteiger partial charge in [-0.05, 0) is 31.6 Å². The summed E-state index contributed by atoms with van der Waals surface area (Å²) in [6.45, 7) is 1.08. The van der Waals surface area contributed by atoms with Gasteiger partial charge < -0.3 is 10.0 Å². The molecule has 4 nitrogen and oxygen atoms in total. The second kappa shape index (κ2) is 5.49. The number of carboxylic acids is 1. The van der Waals surface area contributed by atoms with Crippen molar-refractivity contribution in [1.82, 2.24) is 4.98 Å². The summed E-state index contributed by atoms with van der Waals surface area (Å²) in [5, 5.41) is 11.7. The Morgan fingerprint density at radius 1 is 1.37 bits per heavy atom. The summed E-state index contributed by atoms with van der Waals surface area (Å²) in [5.41, 5.74) is 0.699. The first-order valence-electron chi connectivity index (χ1n) is 7.17. The highest BCUT2D eigenvalue weighted by molar-refractivity contribution is 7.13. The zero-order chi connectivity index (χ0) is 13.2. The zero-order valence-electron chi connectivity index (χ0n) is 11.0. The minimum Gasteiger partial charge on any atom is -0.481 e. The molecule has 1 atom stereocenters. The van der Waals surface area contributed by atoms with E-state index in [4.69, 9.17) is 5.11 Å². The average molecular weight is 280 g/mol. The highest BCUT2D eigenvalue weighted by atomic mass is 32.1. The molecular formula is C14H20N2O2S. The van der Waals surface area contributed by atoms with E-state index in [1.54, 1.807) is 11.3 Å². The van der Waals surface area contributed by atoms with E-state index in [1.807, 2.05) is 5.38 Å². The van der Waals surface area contributed by atoms with Crippen LogP contribution in [0.15, 0.2) is 5.38 Å². The lowest BCUT2D eigenvalue weighted by Gasteiger charge is -2.29. The standard InChI is InChI=1S/C14H20N2O2S/c17-13(18)8-11-9-19-14(15-11)16-7-3-6-12(16)10-4-1-2-5-10/h9-10,12H,1-8H2,(H,17,18). The van der Waals surface area contributed by atoms with Crippen LogP contribution in [0.3, 0.4) is 0 Å². The zero-order valence-corrected chi connectivity index (χ0v) is 11.9. The first-order chi connectivity index (χ1) is 9.24. The Kier molecular flexibility index (Phi) is 3.73. The molecule has 1 aromatic rings. The van der Waals surface area contributed by atoms with Crippen molar-refractivity contribution in [3.05, 3.63) is 11.1 Å². The minimum atomic E-state index is -0.800. The van der Waals surface area contributed by atoms with E-state index in [1.165, 1.54) is 38.5 Å². The minimum absolute atomic E-state index is 0.0401. The molecule has 1 aliphatic heterocycles. The van der Waals surface area contributed by atoms with E-state index in [9.17, 15) is 4.79 Å². The van der Waals surface area contributed by atoms with Gasteiger partial charge in [-0.25, -0.2) is 4.98 Å². The number of thiazole rings is 1. The van der Waals surface area contributed by atoms with Gasteiger partial charge >= 0.3 is 5.97 Å². The molecule has 2 fully saturated rings. The SMILES string of the molecule is O=C(O)Cc1csc(N2CCCC2C2CCCC2)n1. The van der Waals surface area contributed by atoms with Crippen LogP contribution in [0, 0.1) is 5.92 Å². The Morgan fingerprint density at radius 3 is 2.89 bits per heavy atom. The van der Waals surface area contributed by atoms with Crippen molar-refractivity contribution in [3.63, 3.8) is 0 Å². The Balaban J connectivity index is 1.72. The van der Waals surface area contributed by atoms with E-state index >= 15 is 0 Å². The van der Waals surface area contributed by atoms with Gasteiger partial charge in [0.05, 0.1) is 12.1 Å². The van der Waals surface area contributed by atoms with Crippen LogP contribution in [-0.4, -0.2) is 28.6 Å². The third-order valence-corrected chi connectivity index (χ3v) is 5.29. The monoisotopic (exact) mass is 280 g/mol. The van der Waals surface area contributed by atoms with Crippen LogP contribution in [0.5, 0.6) is 0 Å². The van der Waals surface area contributed by atoms with Crippen LogP contribution in [0.2, 0.25) is 0 Å². The van der Waals surface area contributed by atoms with Gasteiger partial charge in [0.25, 0.3) is 0 Å². The highest BCUT2D eigenvalue weighted by Crippen LogP contribution is 2.38. The van der Waals surface area contributed by atoms with Crippen LogP contribution in [0.4, 0.5) is 5.13 Å². The molecule has 0 spiro atoms. The summed E-state index contributed by atoms with van der Waals surface area (Å²) >= 11 is 1.60. The molecule has 1 N–H and O–H groups in total. The molecule has 0 amide bonds. The fraction of sp³-hybridized carbons (Fsp3) is 0.714. The molecule has 1 aromatic heterocycles. The van der Waals surface area contributed by atoms with Gasteiger partial charge in [-0.1, -0.05) is 12.8 Å². The van der Waals surface area contributed by atoms with Crippen molar-refractivity contribution in [2.45, 2.75) is 51.0 Å². The fourth-order valence-corrected chi connectivity index (χ4v) is 4.44. The second-order valence-corrected chi connectivity index (χ2v) is 6.48. The Hall–Kier alpha value is -1.10. The number of carboxylic acid groups (broad SMARTS) is 1. The van der Waals surface area contributed by atoms with Crippen molar-refractivity contribution >= 4 is 22.4 Å². The van der Waals surface area contributed by atoms with E-state index in [-0.39, 0.29) is 6.42 Å². The predicted octanol–water partition coefficient (Wildman–Crippen LogP) is 2.93. The fourth-order valence-electron chi connectivity index (χ4n) is 3.53. The predicted molar refractivity (Wildman–Crippen MR) is 75.8 cm³/mol. The van der Waals surface area contributed by atoms with E-state index < -0.39 is 5.97 Å². The smallest absolute Gasteiger partial charge is 0.309 e. The number of hydrogen-bond acceptors (Lipinski definition) is 4. The molecule has 3 rings (SSSR count). The molecule has 1 aliphatic carbocycles. The summed E-state index contributed by atoms with van der Waals surface area (Å²) in [6.07, 6.45) is 8.02. The first-order valence-corrected chi connectivity index (χ1v) is 8.05. The number of anilines is 1. The Labute approximate surface area is 117 Å². The molecule has 1 unspecified atom stereocenters. The number of nitrogens with zero attached hydrogens (tertiary/aromatic N) is 2. The number of hydrogen-bond donors (Lipinski definition) is 1. The van der Waals surface area contributed by atoms with Gasteiger partial charge in [0.2, 0.25) is 0 Å². The number of aromatic nitrogens is 1. The lowest BCUT2D eigenvalue weighted by atomic mass is 9.96. The van der Waals surface area contributed by atoms with Crippen LogP contribution in [0.25, 0.3) is 0 Å². The van der Waals surface area contributed by atoms with E-state index in [0.29, 0.717) is 11.7 Å².